The van der Waals surface area contributed by atoms with Crippen molar-refractivity contribution in [2.45, 2.75) is 50.4 Å². The molecule has 2 nitrogen and oxygen atoms in total. The minimum Gasteiger partial charge on any atom is -0.387 e. The molecular formula is C17H27NOS. The van der Waals surface area contributed by atoms with Gasteiger partial charge in [0.2, 0.25) is 0 Å². The second-order valence-corrected chi connectivity index (χ2v) is 8.05. The highest BCUT2D eigenvalue weighted by atomic mass is 32.2. The molecule has 0 radical (unpaired) electrons. The van der Waals surface area contributed by atoms with Crippen molar-refractivity contribution in [2.75, 3.05) is 18.8 Å². The summed E-state index contributed by atoms with van der Waals surface area (Å²) >= 11 is 2.05. The number of rotatable bonds is 6. The number of aliphatic hydroxyl groups is 1. The average molecular weight is 293 g/mol. The van der Waals surface area contributed by atoms with Crippen molar-refractivity contribution in [2.24, 2.45) is 0 Å². The fourth-order valence-electron chi connectivity index (χ4n) is 2.67. The Balaban J connectivity index is 1.80. The van der Waals surface area contributed by atoms with Crippen molar-refractivity contribution in [3.05, 3.63) is 35.4 Å². The van der Waals surface area contributed by atoms with E-state index >= 15 is 0 Å². The highest BCUT2D eigenvalue weighted by molar-refractivity contribution is 8.00. The Bertz CT molecular complexity index is 410. The van der Waals surface area contributed by atoms with E-state index in [1.54, 1.807) is 0 Å². The Kier molecular flexibility index (Phi) is 5.53. The Labute approximate surface area is 127 Å². The first-order valence-corrected chi connectivity index (χ1v) is 8.61. The van der Waals surface area contributed by atoms with E-state index in [0.717, 1.165) is 12.1 Å². The maximum Gasteiger partial charge on any atom is 0.0914 e. The summed E-state index contributed by atoms with van der Waals surface area (Å²) < 4.78 is 0.362. The van der Waals surface area contributed by atoms with Crippen LogP contribution >= 0.6 is 11.8 Å². The zero-order valence-corrected chi connectivity index (χ0v) is 13.7. The Morgan fingerprint density at radius 1 is 1.25 bits per heavy atom. The molecule has 0 spiro atoms. The normalized spacial score (nSPS) is 24.2. The van der Waals surface area contributed by atoms with Crippen molar-refractivity contribution in [1.82, 2.24) is 5.32 Å². The number of nitrogens with one attached hydrogen (secondary N) is 1. The van der Waals surface area contributed by atoms with Crippen molar-refractivity contribution in [3.8, 4) is 0 Å². The Morgan fingerprint density at radius 3 is 2.45 bits per heavy atom. The summed E-state index contributed by atoms with van der Waals surface area (Å²) in [5.41, 5.74) is 2.33. The number of hydrogen-bond acceptors (Lipinski definition) is 3. The largest absolute Gasteiger partial charge is 0.387 e. The molecule has 1 heterocycles. The first kappa shape index (κ1) is 15.9. The van der Waals surface area contributed by atoms with E-state index in [2.05, 4.69) is 50.0 Å². The van der Waals surface area contributed by atoms with Crippen LogP contribution in [0.1, 0.15) is 56.8 Å². The van der Waals surface area contributed by atoms with Crippen LogP contribution in [0.25, 0.3) is 0 Å². The van der Waals surface area contributed by atoms with E-state index in [4.69, 9.17) is 0 Å². The van der Waals surface area contributed by atoms with Crippen molar-refractivity contribution < 1.29 is 5.11 Å². The zero-order valence-electron chi connectivity index (χ0n) is 12.9. The molecule has 2 N–H and O–H groups in total. The highest BCUT2D eigenvalue weighted by Crippen LogP contribution is 2.37. The number of hydrogen-bond donors (Lipinski definition) is 2. The standard InChI is InChI=1S/C17H27NOS/c1-13(2)14-5-7-15(8-6-14)16(19)11-18-12-17(3)9-4-10-20-17/h5-8,13,16,18-19H,4,9-12H2,1-3H3. The van der Waals surface area contributed by atoms with Crippen LogP contribution in [0.3, 0.4) is 0 Å². The molecule has 0 aromatic heterocycles. The second-order valence-electron chi connectivity index (χ2n) is 6.37. The van der Waals surface area contributed by atoms with E-state index in [0.29, 0.717) is 17.2 Å². The number of aliphatic hydroxyl groups excluding tert-OH is 1. The van der Waals surface area contributed by atoms with Gasteiger partial charge in [0.25, 0.3) is 0 Å². The van der Waals surface area contributed by atoms with Gasteiger partial charge in [0.15, 0.2) is 0 Å². The lowest BCUT2D eigenvalue weighted by Gasteiger charge is -2.24. The summed E-state index contributed by atoms with van der Waals surface area (Å²) in [5.74, 6) is 1.82. The lowest BCUT2D eigenvalue weighted by atomic mass is 10.00. The summed E-state index contributed by atoms with van der Waals surface area (Å²) in [5, 5.41) is 13.7. The van der Waals surface area contributed by atoms with Gasteiger partial charge in [0.1, 0.15) is 0 Å². The molecule has 0 amide bonds. The van der Waals surface area contributed by atoms with Crippen LogP contribution in [-0.4, -0.2) is 28.7 Å². The molecule has 20 heavy (non-hydrogen) atoms. The number of benzene rings is 1. The molecule has 2 atom stereocenters. The molecule has 1 aliphatic rings. The van der Waals surface area contributed by atoms with Crippen LogP contribution in [0.4, 0.5) is 0 Å². The molecule has 2 unspecified atom stereocenters. The van der Waals surface area contributed by atoms with Crippen molar-refractivity contribution >= 4 is 11.8 Å². The molecule has 0 saturated carbocycles. The number of thioether (sulfide) groups is 1. The molecule has 1 aromatic rings. The zero-order chi connectivity index (χ0) is 14.6. The van der Waals surface area contributed by atoms with E-state index in [9.17, 15) is 5.11 Å². The summed E-state index contributed by atoms with van der Waals surface area (Å²) in [6.45, 7) is 8.32. The van der Waals surface area contributed by atoms with E-state index < -0.39 is 6.10 Å². The summed E-state index contributed by atoms with van der Waals surface area (Å²) in [7, 11) is 0. The second kappa shape index (κ2) is 6.97. The minimum atomic E-state index is -0.411. The Hall–Kier alpha value is -0.510. The highest BCUT2D eigenvalue weighted by Gasteiger charge is 2.28. The lowest BCUT2D eigenvalue weighted by Crippen LogP contribution is -2.35. The smallest absolute Gasteiger partial charge is 0.0914 e. The third-order valence-electron chi connectivity index (χ3n) is 4.13. The van der Waals surface area contributed by atoms with E-state index in [-0.39, 0.29) is 0 Å². The molecule has 0 bridgehead atoms. The summed E-state index contributed by atoms with van der Waals surface area (Å²) in [4.78, 5) is 0. The SMILES string of the molecule is CC(C)c1ccc(C(O)CNCC2(C)CCCS2)cc1. The fraction of sp³-hybridized carbons (Fsp3) is 0.647. The third-order valence-corrected chi connectivity index (χ3v) is 5.66. The average Bonchev–Trinajstić information content (AvgIpc) is 2.85. The molecule has 1 aromatic carbocycles. The van der Waals surface area contributed by atoms with Crippen LogP contribution in [0.2, 0.25) is 0 Å². The minimum absolute atomic E-state index is 0.362. The molecular weight excluding hydrogens is 266 g/mol. The van der Waals surface area contributed by atoms with Gasteiger partial charge in [-0.25, -0.2) is 0 Å². The van der Waals surface area contributed by atoms with Gasteiger partial charge in [-0.15, -0.1) is 0 Å². The van der Waals surface area contributed by atoms with E-state index in [1.807, 2.05) is 12.1 Å². The molecule has 1 saturated heterocycles. The summed E-state index contributed by atoms with van der Waals surface area (Å²) in [6, 6.07) is 8.34. The molecule has 2 rings (SSSR count). The van der Waals surface area contributed by atoms with Gasteiger partial charge in [-0.1, -0.05) is 38.1 Å². The monoisotopic (exact) mass is 293 g/mol. The van der Waals surface area contributed by atoms with Crippen LogP contribution < -0.4 is 5.32 Å². The van der Waals surface area contributed by atoms with E-state index in [1.165, 1.54) is 24.2 Å². The predicted molar refractivity (Wildman–Crippen MR) is 88.5 cm³/mol. The summed E-state index contributed by atoms with van der Waals surface area (Å²) in [6.07, 6.45) is 2.19. The van der Waals surface area contributed by atoms with Crippen LogP contribution in [0.15, 0.2) is 24.3 Å². The molecule has 1 aliphatic heterocycles. The van der Waals surface area contributed by atoms with Gasteiger partial charge < -0.3 is 10.4 Å². The van der Waals surface area contributed by atoms with Gasteiger partial charge in [-0.2, -0.15) is 11.8 Å². The first-order valence-electron chi connectivity index (χ1n) is 7.63. The Morgan fingerprint density at radius 2 is 1.90 bits per heavy atom. The molecule has 3 heteroatoms. The maximum atomic E-state index is 10.2. The topological polar surface area (TPSA) is 32.3 Å². The van der Waals surface area contributed by atoms with Gasteiger partial charge in [0.05, 0.1) is 6.10 Å². The van der Waals surface area contributed by atoms with Crippen molar-refractivity contribution in [1.29, 1.82) is 0 Å². The molecule has 0 aliphatic carbocycles. The van der Waals surface area contributed by atoms with Gasteiger partial charge in [-0.05, 0) is 42.6 Å². The fourth-order valence-corrected chi connectivity index (χ4v) is 3.94. The van der Waals surface area contributed by atoms with Crippen LogP contribution in [0, 0.1) is 0 Å². The maximum absolute atomic E-state index is 10.2. The molecule has 1 fully saturated rings. The van der Waals surface area contributed by atoms with Gasteiger partial charge in [-0.3, -0.25) is 0 Å². The van der Waals surface area contributed by atoms with Crippen LogP contribution in [0.5, 0.6) is 0 Å². The van der Waals surface area contributed by atoms with Gasteiger partial charge in [0, 0.05) is 17.8 Å². The molecule has 112 valence electrons. The van der Waals surface area contributed by atoms with Gasteiger partial charge >= 0.3 is 0 Å². The third kappa shape index (κ3) is 4.24. The van der Waals surface area contributed by atoms with Crippen molar-refractivity contribution in [3.63, 3.8) is 0 Å². The quantitative estimate of drug-likeness (QED) is 0.838. The van der Waals surface area contributed by atoms with Crippen LogP contribution in [-0.2, 0) is 0 Å². The first-order chi connectivity index (χ1) is 9.50. The lowest BCUT2D eigenvalue weighted by molar-refractivity contribution is 0.174. The predicted octanol–water partition coefficient (Wildman–Crippen LogP) is 3.72.